The van der Waals surface area contributed by atoms with Gasteiger partial charge in [0.15, 0.2) is 0 Å². The summed E-state index contributed by atoms with van der Waals surface area (Å²) in [6, 6.07) is 0. The van der Waals surface area contributed by atoms with Crippen molar-refractivity contribution in [1.29, 1.82) is 0 Å². The van der Waals surface area contributed by atoms with Gasteiger partial charge in [0, 0.05) is 5.92 Å². The zero-order chi connectivity index (χ0) is 6.73. The molecule has 0 rings (SSSR count). The summed E-state index contributed by atoms with van der Waals surface area (Å²) >= 11 is 5.79. The summed E-state index contributed by atoms with van der Waals surface area (Å²) in [4.78, 5) is 0. The molecule has 0 spiro atoms. The van der Waals surface area contributed by atoms with Gasteiger partial charge in [0.2, 0.25) is 5.17 Å². The highest BCUT2D eigenvalue weighted by Crippen LogP contribution is 1.98. The fourth-order valence-electron chi connectivity index (χ4n) is 0.516. The van der Waals surface area contributed by atoms with E-state index in [2.05, 4.69) is 13.8 Å². The van der Waals surface area contributed by atoms with Crippen molar-refractivity contribution < 1.29 is 4.58 Å². The molecule has 2 heteroatoms. The molecule has 0 unspecified atom stereocenters. The number of rotatable bonds is 1. The van der Waals surface area contributed by atoms with Crippen molar-refractivity contribution in [1.82, 2.24) is 0 Å². The van der Waals surface area contributed by atoms with Crippen molar-refractivity contribution in [2.75, 3.05) is 14.1 Å². The number of hydrogen-bond donors (Lipinski definition) is 0. The molecule has 0 aliphatic heterocycles. The third-order valence-electron chi connectivity index (χ3n) is 0.904. The fourth-order valence-corrected chi connectivity index (χ4v) is 0.516. The Morgan fingerprint density at radius 2 is 1.75 bits per heavy atom. The predicted molar refractivity (Wildman–Crippen MR) is 37.8 cm³/mol. The highest BCUT2D eigenvalue weighted by atomic mass is 35.5. The minimum atomic E-state index is 0.451. The standard InChI is InChI=1S/C6H13ClN/c1-5(2)6(7)8(3)4/h5H,1-4H3/q+1. The van der Waals surface area contributed by atoms with Crippen LogP contribution < -0.4 is 0 Å². The van der Waals surface area contributed by atoms with Gasteiger partial charge in [-0.05, 0) is 11.6 Å². The molecule has 1 nitrogen and oxygen atoms in total. The van der Waals surface area contributed by atoms with Gasteiger partial charge in [-0.15, -0.1) is 0 Å². The molecular weight excluding hydrogens is 122 g/mol. The first-order chi connectivity index (χ1) is 3.55. The van der Waals surface area contributed by atoms with E-state index >= 15 is 0 Å². The quantitative estimate of drug-likeness (QED) is 0.378. The highest BCUT2D eigenvalue weighted by Gasteiger charge is 2.07. The third kappa shape index (κ3) is 2.31. The maximum Gasteiger partial charge on any atom is 0.247 e. The fraction of sp³-hybridized carbons (Fsp3) is 0.833. The zero-order valence-electron chi connectivity index (χ0n) is 5.90. The first-order valence-electron chi connectivity index (χ1n) is 2.75. The average molecular weight is 135 g/mol. The minimum absolute atomic E-state index is 0.451. The Bertz CT molecular complexity index is 101. The van der Waals surface area contributed by atoms with Crippen LogP contribution in [0.1, 0.15) is 13.8 Å². The van der Waals surface area contributed by atoms with Gasteiger partial charge in [0.25, 0.3) is 0 Å². The largest absolute Gasteiger partial charge is 0.247 e. The summed E-state index contributed by atoms with van der Waals surface area (Å²) < 4.78 is 1.92. The molecule has 0 aliphatic carbocycles. The smallest absolute Gasteiger partial charge is 0.229 e. The Balaban J connectivity index is 4.00. The van der Waals surface area contributed by atoms with Crippen LogP contribution in [0.25, 0.3) is 0 Å². The van der Waals surface area contributed by atoms with Crippen LogP contribution in [0.2, 0.25) is 0 Å². The van der Waals surface area contributed by atoms with Gasteiger partial charge in [0.05, 0.1) is 0 Å². The van der Waals surface area contributed by atoms with E-state index in [1.54, 1.807) is 0 Å². The maximum absolute atomic E-state index is 5.79. The third-order valence-corrected chi connectivity index (χ3v) is 1.68. The highest BCUT2D eigenvalue weighted by molar-refractivity contribution is 6.64. The summed E-state index contributed by atoms with van der Waals surface area (Å²) in [6.45, 7) is 4.14. The molecule has 8 heavy (non-hydrogen) atoms. The average Bonchev–Trinajstić information content (AvgIpc) is 1.64. The Morgan fingerprint density at radius 3 is 1.75 bits per heavy atom. The minimum Gasteiger partial charge on any atom is -0.229 e. The second-order valence-corrected chi connectivity index (χ2v) is 2.76. The molecule has 0 heterocycles. The van der Waals surface area contributed by atoms with Gasteiger partial charge in [0.1, 0.15) is 14.1 Å². The van der Waals surface area contributed by atoms with Gasteiger partial charge in [-0.25, -0.2) is 4.58 Å². The normalized spacial score (nSPS) is 9.75. The number of halogens is 1. The van der Waals surface area contributed by atoms with Gasteiger partial charge in [-0.2, -0.15) is 0 Å². The molecule has 0 atom stereocenters. The summed E-state index contributed by atoms with van der Waals surface area (Å²) in [7, 11) is 3.89. The van der Waals surface area contributed by atoms with Gasteiger partial charge in [-0.3, -0.25) is 0 Å². The van der Waals surface area contributed by atoms with Crippen LogP contribution in [0, 0.1) is 5.92 Å². The first kappa shape index (κ1) is 7.96. The molecule has 0 bridgehead atoms. The maximum atomic E-state index is 5.79. The lowest BCUT2D eigenvalue weighted by atomic mass is 10.2. The Labute approximate surface area is 56.0 Å². The Kier molecular flexibility index (Phi) is 3.06. The van der Waals surface area contributed by atoms with E-state index in [1.807, 2.05) is 18.7 Å². The van der Waals surface area contributed by atoms with Crippen LogP contribution in [0.15, 0.2) is 0 Å². The lowest BCUT2D eigenvalue weighted by Gasteiger charge is -1.96. The van der Waals surface area contributed by atoms with Crippen molar-refractivity contribution in [3.8, 4) is 0 Å². The van der Waals surface area contributed by atoms with Crippen molar-refractivity contribution in [2.24, 2.45) is 5.92 Å². The van der Waals surface area contributed by atoms with Gasteiger partial charge < -0.3 is 0 Å². The van der Waals surface area contributed by atoms with E-state index in [9.17, 15) is 0 Å². The molecule has 0 radical (unpaired) electrons. The van der Waals surface area contributed by atoms with Crippen molar-refractivity contribution in [3.63, 3.8) is 0 Å². The summed E-state index contributed by atoms with van der Waals surface area (Å²) in [5.41, 5.74) is 0. The van der Waals surface area contributed by atoms with E-state index in [0.717, 1.165) is 5.17 Å². The summed E-state index contributed by atoms with van der Waals surface area (Å²) in [5, 5.41) is 0.907. The Hall–Kier alpha value is -0.0400. The van der Waals surface area contributed by atoms with E-state index in [4.69, 9.17) is 11.6 Å². The topological polar surface area (TPSA) is 3.01 Å². The molecule has 0 N–H and O–H groups in total. The van der Waals surface area contributed by atoms with E-state index in [-0.39, 0.29) is 0 Å². The summed E-state index contributed by atoms with van der Waals surface area (Å²) in [6.07, 6.45) is 0. The predicted octanol–water partition coefficient (Wildman–Crippen LogP) is 1.55. The molecule has 0 aromatic heterocycles. The van der Waals surface area contributed by atoms with Crippen molar-refractivity contribution >= 4 is 16.8 Å². The van der Waals surface area contributed by atoms with Crippen LogP contribution in [0.5, 0.6) is 0 Å². The van der Waals surface area contributed by atoms with Crippen LogP contribution in [-0.2, 0) is 0 Å². The Morgan fingerprint density at radius 1 is 1.38 bits per heavy atom. The second-order valence-electron chi connectivity index (χ2n) is 2.37. The van der Waals surface area contributed by atoms with Crippen molar-refractivity contribution in [2.45, 2.75) is 13.8 Å². The van der Waals surface area contributed by atoms with E-state index in [0.29, 0.717) is 5.92 Å². The molecule has 0 aliphatic rings. The van der Waals surface area contributed by atoms with Crippen molar-refractivity contribution in [3.05, 3.63) is 0 Å². The molecule has 0 amide bonds. The molecule has 48 valence electrons. The lowest BCUT2D eigenvalue weighted by molar-refractivity contribution is -0.464. The number of nitrogens with zero attached hydrogens (tertiary/aromatic N) is 1. The van der Waals surface area contributed by atoms with Crippen LogP contribution in [0.3, 0.4) is 0 Å². The van der Waals surface area contributed by atoms with Gasteiger partial charge >= 0.3 is 0 Å². The second kappa shape index (κ2) is 3.08. The molecule has 0 saturated carbocycles. The van der Waals surface area contributed by atoms with Crippen LogP contribution >= 0.6 is 11.6 Å². The van der Waals surface area contributed by atoms with E-state index < -0.39 is 0 Å². The molecule has 0 saturated heterocycles. The van der Waals surface area contributed by atoms with E-state index in [1.165, 1.54) is 0 Å². The molecular formula is C6H13ClN+. The molecule has 0 aromatic rings. The monoisotopic (exact) mass is 134 g/mol. The number of hydrogen-bond acceptors (Lipinski definition) is 0. The molecule has 0 fully saturated rings. The van der Waals surface area contributed by atoms with Crippen LogP contribution in [0.4, 0.5) is 0 Å². The van der Waals surface area contributed by atoms with Gasteiger partial charge in [-0.1, -0.05) is 13.8 Å². The first-order valence-corrected chi connectivity index (χ1v) is 3.13. The zero-order valence-corrected chi connectivity index (χ0v) is 6.66. The SMILES string of the molecule is CC(C)C(Cl)=[N+](C)C. The van der Waals surface area contributed by atoms with Crippen LogP contribution in [-0.4, -0.2) is 23.8 Å². The lowest BCUT2D eigenvalue weighted by Crippen LogP contribution is -2.12. The molecule has 0 aromatic carbocycles. The summed E-state index contributed by atoms with van der Waals surface area (Å²) in [5.74, 6) is 0.451.